The lowest BCUT2D eigenvalue weighted by atomic mass is 10.2. The average molecular weight is 428 g/mol. The molecule has 156 valence electrons. The van der Waals surface area contributed by atoms with Crippen molar-refractivity contribution in [1.82, 2.24) is 4.72 Å². The zero-order valence-electron chi connectivity index (χ0n) is 16.2. The lowest BCUT2D eigenvalue weighted by Gasteiger charge is -2.15. The predicted octanol–water partition coefficient (Wildman–Crippen LogP) is 3.71. The Balaban J connectivity index is 1.59. The fraction of sp³-hybridized carbons (Fsp3) is 0.136. The number of ether oxygens (including phenoxy) is 1. The molecule has 8 heteroatoms. The molecule has 0 radical (unpaired) electrons. The number of hydrogen-bond donors (Lipinski definition) is 2. The third-order valence-electron chi connectivity index (χ3n) is 4.20. The normalized spacial score (nSPS) is 12.2. The number of amides is 1. The molecule has 6 nitrogen and oxygen atoms in total. The van der Waals surface area contributed by atoms with Crippen molar-refractivity contribution in [3.05, 3.63) is 90.2 Å². The van der Waals surface area contributed by atoms with Crippen LogP contribution in [0.3, 0.4) is 0 Å². The molecule has 0 fully saturated rings. The minimum absolute atomic E-state index is 0.0841. The Morgan fingerprint density at radius 2 is 1.70 bits per heavy atom. The van der Waals surface area contributed by atoms with E-state index in [0.717, 1.165) is 5.56 Å². The van der Waals surface area contributed by atoms with Crippen LogP contribution in [0.25, 0.3) is 0 Å². The van der Waals surface area contributed by atoms with E-state index < -0.39 is 22.0 Å². The van der Waals surface area contributed by atoms with Crippen LogP contribution in [0.4, 0.5) is 10.1 Å². The molecule has 0 saturated carbocycles. The van der Waals surface area contributed by atoms with Crippen molar-refractivity contribution in [1.29, 1.82) is 0 Å². The molecule has 0 unspecified atom stereocenters. The SMILES string of the molecule is C[C@H](NS(=O)(=O)c1ccccc1)C(=O)Nc1cccc(OCc2ccc(F)cc2)c1. The molecular weight excluding hydrogens is 407 g/mol. The van der Waals surface area contributed by atoms with Gasteiger partial charge in [0.25, 0.3) is 0 Å². The highest BCUT2D eigenvalue weighted by atomic mass is 32.2. The van der Waals surface area contributed by atoms with E-state index in [-0.39, 0.29) is 17.3 Å². The summed E-state index contributed by atoms with van der Waals surface area (Å²) in [7, 11) is -3.81. The number of anilines is 1. The van der Waals surface area contributed by atoms with Crippen LogP contribution in [0.2, 0.25) is 0 Å². The van der Waals surface area contributed by atoms with Gasteiger partial charge in [-0.3, -0.25) is 4.79 Å². The van der Waals surface area contributed by atoms with Crippen molar-refractivity contribution in [2.45, 2.75) is 24.5 Å². The van der Waals surface area contributed by atoms with E-state index in [9.17, 15) is 17.6 Å². The van der Waals surface area contributed by atoms with Crippen molar-refractivity contribution in [2.24, 2.45) is 0 Å². The second kappa shape index (κ2) is 9.51. The van der Waals surface area contributed by atoms with Gasteiger partial charge < -0.3 is 10.1 Å². The van der Waals surface area contributed by atoms with E-state index in [1.165, 1.54) is 31.2 Å². The van der Waals surface area contributed by atoms with Crippen LogP contribution in [0.1, 0.15) is 12.5 Å². The first-order valence-electron chi connectivity index (χ1n) is 9.19. The van der Waals surface area contributed by atoms with Crippen LogP contribution < -0.4 is 14.8 Å². The number of rotatable bonds is 8. The highest BCUT2D eigenvalue weighted by Gasteiger charge is 2.22. The fourth-order valence-corrected chi connectivity index (χ4v) is 3.84. The molecule has 3 aromatic carbocycles. The first-order valence-corrected chi connectivity index (χ1v) is 10.7. The molecule has 0 aliphatic carbocycles. The van der Waals surface area contributed by atoms with Crippen LogP contribution in [0.15, 0.2) is 83.8 Å². The second-order valence-electron chi connectivity index (χ2n) is 6.59. The Morgan fingerprint density at radius 3 is 2.40 bits per heavy atom. The van der Waals surface area contributed by atoms with Crippen LogP contribution in [-0.4, -0.2) is 20.4 Å². The van der Waals surface area contributed by atoms with Crippen LogP contribution in [-0.2, 0) is 21.4 Å². The van der Waals surface area contributed by atoms with Crippen molar-refractivity contribution in [3.63, 3.8) is 0 Å². The van der Waals surface area contributed by atoms with Crippen LogP contribution >= 0.6 is 0 Å². The first kappa shape index (κ1) is 21.5. The Labute approximate surface area is 174 Å². The van der Waals surface area contributed by atoms with Gasteiger partial charge in [0.2, 0.25) is 15.9 Å². The molecule has 1 atom stereocenters. The lowest BCUT2D eigenvalue weighted by molar-refractivity contribution is -0.117. The summed E-state index contributed by atoms with van der Waals surface area (Å²) in [5, 5.41) is 2.67. The number of hydrogen-bond acceptors (Lipinski definition) is 4. The minimum atomic E-state index is -3.81. The highest BCUT2D eigenvalue weighted by molar-refractivity contribution is 7.89. The zero-order valence-corrected chi connectivity index (χ0v) is 17.0. The summed E-state index contributed by atoms with van der Waals surface area (Å²) in [5.74, 6) is -0.319. The molecule has 0 aromatic heterocycles. The summed E-state index contributed by atoms with van der Waals surface area (Å²) in [6.07, 6.45) is 0. The van der Waals surface area contributed by atoms with Gasteiger partial charge in [0.1, 0.15) is 18.2 Å². The second-order valence-corrected chi connectivity index (χ2v) is 8.30. The largest absolute Gasteiger partial charge is 0.489 e. The fourth-order valence-electron chi connectivity index (χ4n) is 2.62. The number of carbonyl (C=O) groups is 1. The molecule has 0 heterocycles. The lowest BCUT2D eigenvalue weighted by Crippen LogP contribution is -2.41. The molecular formula is C22H21FN2O4S. The van der Waals surface area contributed by atoms with Gasteiger partial charge in [-0.25, -0.2) is 12.8 Å². The minimum Gasteiger partial charge on any atom is -0.489 e. The van der Waals surface area contributed by atoms with Gasteiger partial charge in [0.15, 0.2) is 0 Å². The molecule has 30 heavy (non-hydrogen) atoms. The number of carbonyl (C=O) groups excluding carboxylic acids is 1. The number of halogens is 1. The summed E-state index contributed by atoms with van der Waals surface area (Å²) in [6.45, 7) is 1.70. The van der Waals surface area contributed by atoms with Gasteiger partial charge in [0.05, 0.1) is 10.9 Å². The highest BCUT2D eigenvalue weighted by Crippen LogP contribution is 2.19. The van der Waals surface area contributed by atoms with Gasteiger partial charge in [0, 0.05) is 11.8 Å². The van der Waals surface area contributed by atoms with E-state index in [4.69, 9.17) is 4.74 Å². The molecule has 3 aromatic rings. The van der Waals surface area contributed by atoms with Crippen molar-refractivity contribution >= 4 is 21.6 Å². The van der Waals surface area contributed by atoms with E-state index in [1.54, 1.807) is 54.6 Å². The maximum atomic E-state index is 13.0. The van der Waals surface area contributed by atoms with Crippen LogP contribution in [0.5, 0.6) is 5.75 Å². The van der Waals surface area contributed by atoms with E-state index in [2.05, 4.69) is 10.0 Å². The summed E-state index contributed by atoms with van der Waals surface area (Å²) < 4.78 is 45.7. The number of nitrogens with one attached hydrogen (secondary N) is 2. The third-order valence-corrected chi connectivity index (χ3v) is 5.76. The Bertz CT molecular complexity index is 1100. The Kier molecular flexibility index (Phi) is 6.81. The summed E-state index contributed by atoms with van der Waals surface area (Å²) >= 11 is 0. The quantitative estimate of drug-likeness (QED) is 0.573. The maximum Gasteiger partial charge on any atom is 0.242 e. The van der Waals surface area contributed by atoms with Gasteiger partial charge in [-0.05, 0) is 48.9 Å². The Hall–Kier alpha value is -3.23. The van der Waals surface area contributed by atoms with Gasteiger partial charge in [-0.1, -0.05) is 36.4 Å². The number of sulfonamides is 1. The molecule has 0 bridgehead atoms. The first-order chi connectivity index (χ1) is 14.3. The molecule has 0 aliphatic rings. The van der Waals surface area contributed by atoms with Crippen molar-refractivity contribution in [3.8, 4) is 5.75 Å². The van der Waals surface area contributed by atoms with Crippen LogP contribution in [0, 0.1) is 5.82 Å². The maximum absolute atomic E-state index is 13.0. The topological polar surface area (TPSA) is 84.5 Å². The summed E-state index contributed by atoms with van der Waals surface area (Å²) in [6, 6.07) is 19.5. The van der Waals surface area contributed by atoms with Gasteiger partial charge in [-0.2, -0.15) is 4.72 Å². The van der Waals surface area contributed by atoms with E-state index >= 15 is 0 Å². The number of benzene rings is 3. The van der Waals surface area contributed by atoms with Gasteiger partial charge in [-0.15, -0.1) is 0 Å². The van der Waals surface area contributed by atoms with Crippen molar-refractivity contribution in [2.75, 3.05) is 5.32 Å². The third kappa shape index (κ3) is 5.88. The summed E-state index contributed by atoms with van der Waals surface area (Å²) in [4.78, 5) is 12.5. The smallest absolute Gasteiger partial charge is 0.242 e. The van der Waals surface area contributed by atoms with E-state index in [0.29, 0.717) is 11.4 Å². The van der Waals surface area contributed by atoms with Crippen molar-refractivity contribution < 1.29 is 22.3 Å². The molecule has 0 saturated heterocycles. The molecule has 2 N–H and O–H groups in total. The monoisotopic (exact) mass is 428 g/mol. The van der Waals surface area contributed by atoms with E-state index in [1.807, 2.05) is 0 Å². The summed E-state index contributed by atoms with van der Waals surface area (Å²) in [5.41, 5.74) is 1.26. The van der Waals surface area contributed by atoms with Gasteiger partial charge >= 0.3 is 0 Å². The Morgan fingerprint density at radius 1 is 1.00 bits per heavy atom. The molecule has 3 rings (SSSR count). The average Bonchev–Trinajstić information content (AvgIpc) is 2.74. The standard InChI is InChI=1S/C22H21FN2O4S/c1-16(25-30(27,28)21-8-3-2-4-9-21)22(26)24-19-6-5-7-20(14-19)29-15-17-10-12-18(23)13-11-17/h2-14,16,25H,15H2,1H3,(H,24,26)/t16-/m0/s1. The predicted molar refractivity (Wildman–Crippen MR) is 112 cm³/mol. The zero-order chi connectivity index (χ0) is 21.6. The molecule has 1 amide bonds. The molecule has 0 aliphatic heterocycles. The molecule has 0 spiro atoms.